The molecule has 4 rings (SSSR count). The van der Waals surface area contributed by atoms with Crippen molar-refractivity contribution in [1.29, 1.82) is 0 Å². The fourth-order valence-electron chi connectivity index (χ4n) is 4.71. The van der Waals surface area contributed by atoms with Gasteiger partial charge in [-0.1, -0.05) is 0 Å². The number of ether oxygens (including phenoxy) is 1. The Balaban J connectivity index is 0.00000121. The van der Waals surface area contributed by atoms with Crippen LogP contribution in [0.2, 0.25) is 0 Å². The maximum atomic E-state index is 13.1. The predicted octanol–water partition coefficient (Wildman–Crippen LogP) is -0.323. The SMILES string of the molecule is O=C(OCC(F)(F)S(=O)O)C12CC3CC(CC(C3)C1)C2.[H-].[Na+]. The van der Waals surface area contributed by atoms with Gasteiger partial charge in [0.05, 0.1) is 5.41 Å². The molecular weight excluding hydrogens is 313 g/mol. The Morgan fingerprint density at radius 1 is 1.24 bits per heavy atom. The van der Waals surface area contributed by atoms with Crippen LogP contribution >= 0.6 is 0 Å². The van der Waals surface area contributed by atoms with Crippen LogP contribution in [0.4, 0.5) is 8.78 Å². The first kappa shape index (κ1) is 17.8. The van der Waals surface area contributed by atoms with Crippen LogP contribution in [0.3, 0.4) is 0 Å². The summed E-state index contributed by atoms with van der Waals surface area (Å²) < 4.78 is 49.7. The number of alkyl halides is 2. The normalized spacial score (nSPS) is 38.7. The molecule has 4 aliphatic carbocycles. The van der Waals surface area contributed by atoms with E-state index < -0.39 is 34.3 Å². The van der Waals surface area contributed by atoms with Crippen molar-refractivity contribution >= 4 is 17.0 Å². The summed E-state index contributed by atoms with van der Waals surface area (Å²) in [7, 11) is 0. The first-order valence-electron chi connectivity index (χ1n) is 6.97. The largest absolute Gasteiger partial charge is 1.00 e. The van der Waals surface area contributed by atoms with Gasteiger partial charge >= 0.3 is 40.8 Å². The van der Waals surface area contributed by atoms with E-state index in [0.717, 1.165) is 38.5 Å². The summed E-state index contributed by atoms with van der Waals surface area (Å²) in [5.41, 5.74) is -0.609. The van der Waals surface area contributed by atoms with Gasteiger partial charge in [0.15, 0.2) is 6.61 Å². The average molecular weight is 332 g/mol. The average Bonchev–Trinajstić information content (AvgIpc) is 2.34. The molecule has 0 aromatic rings. The van der Waals surface area contributed by atoms with Gasteiger partial charge in [-0.05, 0) is 56.3 Å². The van der Waals surface area contributed by atoms with Gasteiger partial charge < -0.3 is 10.7 Å². The second-order valence-electron chi connectivity index (χ2n) is 6.66. The smallest absolute Gasteiger partial charge is 1.00 e. The number of hydrogen-bond acceptors (Lipinski definition) is 3. The van der Waals surface area contributed by atoms with Gasteiger partial charge in [-0.2, -0.15) is 8.78 Å². The van der Waals surface area contributed by atoms with Crippen molar-refractivity contribution in [3.8, 4) is 0 Å². The molecule has 0 saturated heterocycles. The van der Waals surface area contributed by atoms with Crippen molar-refractivity contribution in [3.05, 3.63) is 0 Å². The van der Waals surface area contributed by atoms with Crippen molar-refractivity contribution in [2.24, 2.45) is 23.2 Å². The van der Waals surface area contributed by atoms with E-state index in [1.54, 1.807) is 0 Å². The Kier molecular flexibility index (Phi) is 5.21. The summed E-state index contributed by atoms with van der Waals surface area (Å²) >= 11 is -3.31. The minimum Gasteiger partial charge on any atom is -1.00 e. The summed E-state index contributed by atoms with van der Waals surface area (Å²) in [6, 6.07) is 0. The molecular formula is C13H19F2NaO4S. The number of rotatable bonds is 4. The molecule has 0 aromatic heterocycles. The first-order valence-corrected chi connectivity index (χ1v) is 8.07. The van der Waals surface area contributed by atoms with E-state index in [4.69, 9.17) is 9.29 Å². The molecule has 8 heteroatoms. The monoisotopic (exact) mass is 332 g/mol. The molecule has 0 amide bonds. The van der Waals surface area contributed by atoms with Gasteiger partial charge in [-0.15, -0.1) is 0 Å². The molecule has 1 unspecified atom stereocenters. The van der Waals surface area contributed by atoms with E-state index in [0.29, 0.717) is 17.8 Å². The quantitative estimate of drug-likeness (QED) is 0.435. The summed E-state index contributed by atoms with van der Waals surface area (Å²) in [5.74, 6) is 0.950. The third-order valence-corrected chi connectivity index (χ3v) is 5.73. The first-order chi connectivity index (χ1) is 9.31. The Labute approximate surface area is 148 Å². The fraction of sp³-hybridized carbons (Fsp3) is 0.923. The Hall–Kier alpha value is 0.440. The molecule has 4 fully saturated rings. The van der Waals surface area contributed by atoms with Crippen molar-refractivity contribution in [3.63, 3.8) is 0 Å². The molecule has 1 atom stereocenters. The zero-order valence-corrected chi connectivity index (χ0v) is 14.8. The molecule has 4 bridgehead atoms. The second-order valence-corrected chi connectivity index (χ2v) is 7.76. The molecule has 4 saturated carbocycles. The van der Waals surface area contributed by atoms with E-state index in [-0.39, 0.29) is 31.0 Å². The maximum absolute atomic E-state index is 13.1. The molecule has 1 N–H and O–H groups in total. The summed E-state index contributed by atoms with van der Waals surface area (Å²) in [4.78, 5) is 12.2. The third-order valence-electron chi connectivity index (χ3n) is 5.10. The third kappa shape index (κ3) is 3.37. The zero-order valence-electron chi connectivity index (χ0n) is 13.0. The molecule has 4 nitrogen and oxygen atoms in total. The van der Waals surface area contributed by atoms with Crippen LogP contribution in [0.15, 0.2) is 0 Å². The second kappa shape index (κ2) is 6.15. The van der Waals surface area contributed by atoms with Crippen LogP contribution < -0.4 is 29.6 Å². The van der Waals surface area contributed by atoms with E-state index in [1.165, 1.54) is 0 Å². The molecule has 0 aliphatic heterocycles. The van der Waals surface area contributed by atoms with E-state index in [2.05, 4.69) is 0 Å². The van der Waals surface area contributed by atoms with Gasteiger partial charge in [0.25, 0.3) is 0 Å². The van der Waals surface area contributed by atoms with Crippen LogP contribution in [-0.4, -0.2) is 26.6 Å². The number of carbonyl (C=O) groups is 1. The molecule has 116 valence electrons. The number of esters is 1. The van der Waals surface area contributed by atoms with Crippen LogP contribution in [0.25, 0.3) is 0 Å². The zero-order chi connectivity index (χ0) is 14.5. The molecule has 0 spiro atoms. The van der Waals surface area contributed by atoms with Crippen LogP contribution in [0.5, 0.6) is 0 Å². The van der Waals surface area contributed by atoms with Crippen LogP contribution in [0, 0.1) is 23.2 Å². The van der Waals surface area contributed by atoms with Gasteiger partial charge in [-0.25, -0.2) is 4.21 Å². The molecule has 21 heavy (non-hydrogen) atoms. The van der Waals surface area contributed by atoms with Gasteiger partial charge in [0.2, 0.25) is 11.1 Å². The van der Waals surface area contributed by atoms with E-state index in [1.807, 2.05) is 0 Å². The fourth-order valence-corrected chi connectivity index (χ4v) is 4.87. The number of carbonyl (C=O) groups excluding carboxylic acids is 1. The predicted molar refractivity (Wildman–Crippen MR) is 68.4 cm³/mol. The van der Waals surface area contributed by atoms with E-state index in [9.17, 15) is 17.8 Å². The molecule has 0 aromatic carbocycles. The summed E-state index contributed by atoms with van der Waals surface area (Å²) in [5, 5.41) is -3.89. The van der Waals surface area contributed by atoms with E-state index >= 15 is 0 Å². The molecule has 0 radical (unpaired) electrons. The maximum Gasteiger partial charge on any atom is 1.00 e. The van der Waals surface area contributed by atoms with Crippen LogP contribution in [0.1, 0.15) is 40.0 Å². The van der Waals surface area contributed by atoms with Crippen molar-refractivity contribution in [1.82, 2.24) is 0 Å². The number of halogens is 2. The minimum atomic E-state index is -3.89. The van der Waals surface area contributed by atoms with Gasteiger partial charge in [0.1, 0.15) is 0 Å². The topological polar surface area (TPSA) is 63.6 Å². The van der Waals surface area contributed by atoms with Gasteiger partial charge in [0, 0.05) is 0 Å². The minimum absolute atomic E-state index is 0. The van der Waals surface area contributed by atoms with Crippen LogP contribution in [-0.2, 0) is 20.6 Å². The van der Waals surface area contributed by atoms with Crippen molar-refractivity contribution < 1.29 is 58.1 Å². The van der Waals surface area contributed by atoms with Crippen molar-refractivity contribution in [2.75, 3.05) is 6.61 Å². The van der Waals surface area contributed by atoms with Gasteiger partial charge in [-0.3, -0.25) is 4.79 Å². The summed E-state index contributed by atoms with van der Waals surface area (Å²) in [6.07, 6.45) is 5.61. The Bertz CT molecular complexity index is 428. The number of hydrogen-bond donors (Lipinski definition) is 1. The standard InChI is InChI=1S/C13H18F2O4S.Na.H/c14-13(15,20(17)18)7-19-11(16)12-4-8-1-9(5-12)3-10(2-8)6-12;;/h8-10H,1-7H2,(H,17,18);;/q;+1;-1. The Morgan fingerprint density at radius 3 is 2.05 bits per heavy atom. The van der Waals surface area contributed by atoms with Crippen molar-refractivity contribution in [2.45, 2.75) is 43.8 Å². The summed E-state index contributed by atoms with van der Waals surface area (Å²) in [6.45, 7) is -1.31. The molecule has 0 heterocycles. The molecule has 4 aliphatic rings. The Morgan fingerprint density at radius 2 is 1.67 bits per heavy atom.